The topological polar surface area (TPSA) is 103 Å². The number of aryl methyl sites for hydroxylation is 1. The molecule has 1 N–H and O–H groups in total. The maximum Gasteiger partial charge on any atom is 0.348 e. The fourth-order valence-electron chi connectivity index (χ4n) is 2.85. The lowest BCUT2D eigenvalue weighted by Crippen LogP contribution is -2.18. The van der Waals surface area contributed by atoms with Gasteiger partial charge in [0.25, 0.3) is 5.69 Å². The molecule has 0 saturated carbocycles. The number of rotatable bonds is 6. The Morgan fingerprint density at radius 1 is 1.09 bits per heavy atom. The minimum atomic E-state index is -0.617. The Kier molecular flexibility index (Phi) is 7.63. The van der Waals surface area contributed by atoms with Crippen molar-refractivity contribution in [2.24, 2.45) is 4.99 Å². The number of carbonyl (C=O) groups excluding carboxylic acids is 1. The highest BCUT2D eigenvalue weighted by Gasteiger charge is 2.14. The van der Waals surface area contributed by atoms with Crippen molar-refractivity contribution in [2.75, 3.05) is 5.32 Å². The summed E-state index contributed by atoms with van der Waals surface area (Å²) in [7, 11) is 0. The third kappa shape index (κ3) is 6.54. The van der Waals surface area contributed by atoms with Crippen molar-refractivity contribution >= 4 is 34.9 Å². The van der Waals surface area contributed by atoms with E-state index in [1.165, 1.54) is 30.3 Å². The van der Waals surface area contributed by atoms with Crippen LogP contribution in [0.3, 0.4) is 0 Å². The number of nitrogens with one attached hydrogen (secondary N) is 1. The summed E-state index contributed by atoms with van der Waals surface area (Å²) in [5, 5.41) is 13.7. The summed E-state index contributed by atoms with van der Waals surface area (Å²) in [6.45, 7) is 5.63. The van der Waals surface area contributed by atoms with E-state index in [0.29, 0.717) is 17.2 Å². The van der Waals surface area contributed by atoms with E-state index in [2.05, 4.69) is 10.3 Å². The molecule has 0 aliphatic heterocycles. The van der Waals surface area contributed by atoms with Gasteiger partial charge in [-0.05, 0) is 62.7 Å². The third-order valence-corrected chi connectivity index (χ3v) is 4.68. The van der Waals surface area contributed by atoms with E-state index in [1.54, 1.807) is 12.1 Å². The number of urea groups is 1. The maximum absolute atomic E-state index is 12.6. The number of hydrogen-bond acceptors (Lipinski definition) is 5. The molecule has 0 aliphatic rings. The molecule has 0 saturated heterocycles. The zero-order chi connectivity index (χ0) is 24.0. The Morgan fingerprint density at radius 2 is 1.79 bits per heavy atom. The molecular weight excluding hydrogens is 446 g/mol. The minimum Gasteiger partial charge on any atom is -0.474 e. The molecule has 3 aromatic carbocycles. The van der Waals surface area contributed by atoms with Gasteiger partial charge in [0.2, 0.25) is 5.90 Å². The fraction of sp³-hybridized carbons (Fsp3) is 0.167. The summed E-state index contributed by atoms with van der Waals surface area (Å²) in [4.78, 5) is 26.9. The van der Waals surface area contributed by atoms with Crippen LogP contribution in [0.15, 0.2) is 71.7 Å². The van der Waals surface area contributed by atoms with Crippen molar-refractivity contribution in [1.29, 1.82) is 0 Å². The molecule has 0 aromatic heterocycles. The highest BCUT2D eigenvalue weighted by Crippen LogP contribution is 2.32. The zero-order valence-corrected chi connectivity index (χ0v) is 19.0. The van der Waals surface area contributed by atoms with Crippen LogP contribution < -0.4 is 10.1 Å². The zero-order valence-electron chi connectivity index (χ0n) is 18.2. The standard InChI is InChI=1S/C24H22ClN3O5/c1-15(2)32-23(20-7-5-4-6-16(20)3)27-24(29)26-17-8-13-22(21(25)14-17)33-19-11-9-18(10-12-19)28(30)31/h4-15H,1-3H3,(H,26,29). The van der Waals surface area contributed by atoms with Gasteiger partial charge in [-0.15, -0.1) is 0 Å². The van der Waals surface area contributed by atoms with Gasteiger partial charge in [0, 0.05) is 23.4 Å². The Hall–Kier alpha value is -3.91. The molecule has 0 unspecified atom stereocenters. The number of hydrogen-bond donors (Lipinski definition) is 1. The van der Waals surface area contributed by atoms with Crippen molar-refractivity contribution in [3.05, 3.63) is 93.0 Å². The lowest BCUT2D eigenvalue weighted by Gasteiger charge is -2.14. The van der Waals surface area contributed by atoms with Crippen LogP contribution in [-0.2, 0) is 4.74 Å². The first-order valence-corrected chi connectivity index (χ1v) is 10.4. The van der Waals surface area contributed by atoms with Crippen LogP contribution >= 0.6 is 11.6 Å². The smallest absolute Gasteiger partial charge is 0.348 e. The van der Waals surface area contributed by atoms with Gasteiger partial charge in [0.05, 0.1) is 16.0 Å². The number of nitrogens with zero attached hydrogens (tertiary/aromatic N) is 2. The van der Waals surface area contributed by atoms with Gasteiger partial charge in [-0.2, -0.15) is 4.99 Å². The largest absolute Gasteiger partial charge is 0.474 e. The predicted molar refractivity (Wildman–Crippen MR) is 128 cm³/mol. The normalized spacial score (nSPS) is 11.2. The molecule has 8 nitrogen and oxygen atoms in total. The van der Waals surface area contributed by atoms with Gasteiger partial charge < -0.3 is 14.8 Å². The van der Waals surface area contributed by atoms with E-state index in [9.17, 15) is 14.9 Å². The SMILES string of the molecule is Cc1ccccc1C(=NC(=O)Nc1ccc(Oc2ccc([N+](=O)[O-])cc2)c(Cl)c1)OC(C)C. The first-order valence-electron chi connectivity index (χ1n) is 10.1. The number of ether oxygens (including phenoxy) is 2. The van der Waals surface area contributed by atoms with Crippen LogP contribution in [0.4, 0.5) is 16.2 Å². The average molecular weight is 468 g/mol. The van der Waals surface area contributed by atoms with E-state index < -0.39 is 11.0 Å². The van der Waals surface area contributed by atoms with Gasteiger partial charge in [-0.3, -0.25) is 10.1 Å². The summed E-state index contributed by atoms with van der Waals surface area (Å²) in [6, 6.07) is 17.2. The van der Waals surface area contributed by atoms with Gasteiger partial charge in [0.15, 0.2) is 0 Å². The number of non-ortho nitro benzene ring substituents is 1. The summed E-state index contributed by atoms with van der Waals surface area (Å²) >= 11 is 6.29. The fourth-order valence-corrected chi connectivity index (χ4v) is 3.07. The van der Waals surface area contributed by atoms with E-state index >= 15 is 0 Å². The van der Waals surface area contributed by atoms with Gasteiger partial charge in [0.1, 0.15) is 11.5 Å². The van der Waals surface area contributed by atoms with E-state index in [-0.39, 0.29) is 22.7 Å². The minimum absolute atomic E-state index is 0.0430. The number of nitro groups is 1. The second-order valence-corrected chi connectivity index (χ2v) is 7.73. The molecule has 0 aliphatic carbocycles. The van der Waals surface area contributed by atoms with Crippen LogP contribution in [0.25, 0.3) is 0 Å². The Balaban J connectivity index is 1.74. The summed E-state index contributed by atoms with van der Waals surface area (Å²) in [5.41, 5.74) is 2.03. The molecule has 0 radical (unpaired) electrons. The average Bonchev–Trinajstić information content (AvgIpc) is 2.75. The molecule has 33 heavy (non-hydrogen) atoms. The summed E-state index contributed by atoms with van der Waals surface area (Å²) in [6.07, 6.45) is -0.165. The molecule has 3 rings (SSSR count). The molecule has 0 fully saturated rings. The Labute approximate surface area is 196 Å². The molecule has 0 atom stereocenters. The number of nitro benzene ring substituents is 1. The van der Waals surface area contributed by atoms with Crippen LogP contribution in [0.5, 0.6) is 11.5 Å². The van der Waals surface area contributed by atoms with Crippen molar-refractivity contribution in [1.82, 2.24) is 0 Å². The highest BCUT2D eigenvalue weighted by atomic mass is 35.5. The van der Waals surface area contributed by atoms with Crippen molar-refractivity contribution in [3.8, 4) is 11.5 Å². The van der Waals surface area contributed by atoms with Crippen molar-refractivity contribution in [3.63, 3.8) is 0 Å². The maximum atomic E-state index is 12.6. The Bertz CT molecular complexity index is 1190. The number of carbonyl (C=O) groups is 1. The quantitative estimate of drug-likeness (QED) is 0.187. The number of halogens is 1. The molecule has 9 heteroatoms. The molecule has 0 bridgehead atoms. The highest BCUT2D eigenvalue weighted by molar-refractivity contribution is 6.32. The van der Waals surface area contributed by atoms with Gasteiger partial charge in [-0.25, -0.2) is 4.79 Å². The lowest BCUT2D eigenvalue weighted by molar-refractivity contribution is -0.384. The second-order valence-electron chi connectivity index (χ2n) is 7.33. The molecule has 170 valence electrons. The monoisotopic (exact) mass is 467 g/mol. The van der Waals surface area contributed by atoms with Crippen LogP contribution in [-0.4, -0.2) is 23.0 Å². The van der Waals surface area contributed by atoms with Crippen LogP contribution in [0.2, 0.25) is 5.02 Å². The molecule has 0 spiro atoms. The van der Waals surface area contributed by atoms with Crippen LogP contribution in [0.1, 0.15) is 25.0 Å². The molecule has 2 amide bonds. The summed E-state index contributed by atoms with van der Waals surface area (Å²) < 4.78 is 11.4. The van der Waals surface area contributed by atoms with Gasteiger partial charge in [-0.1, -0.05) is 29.8 Å². The first-order chi connectivity index (χ1) is 15.7. The van der Waals surface area contributed by atoms with Crippen molar-refractivity contribution in [2.45, 2.75) is 26.9 Å². The third-order valence-electron chi connectivity index (χ3n) is 4.38. The molecule has 3 aromatic rings. The number of aliphatic imine (C=N–C) groups is 1. The number of anilines is 1. The van der Waals surface area contributed by atoms with E-state index in [0.717, 1.165) is 11.1 Å². The number of amides is 2. The molecule has 0 heterocycles. The molecular formula is C24H22ClN3O5. The van der Waals surface area contributed by atoms with Gasteiger partial charge >= 0.3 is 6.03 Å². The second kappa shape index (κ2) is 10.6. The number of benzene rings is 3. The first kappa shape index (κ1) is 23.7. The van der Waals surface area contributed by atoms with E-state index in [1.807, 2.05) is 45.0 Å². The van der Waals surface area contributed by atoms with E-state index in [4.69, 9.17) is 21.1 Å². The lowest BCUT2D eigenvalue weighted by atomic mass is 10.1. The summed E-state index contributed by atoms with van der Waals surface area (Å²) in [5.74, 6) is 0.943. The van der Waals surface area contributed by atoms with Crippen molar-refractivity contribution < 1.29 is 19.2 Å². The van der Waals surface area contributed by atoms with Crippen LogP contribution in [0, 0.1) is 17.0 Å². The Morgan fingerprint density at radius 3 is 2.39 bits per heavy atom. The predicted octanol–water partition coefficient (Wildman–Crippen LogP) is 6.75.